The van der Waals surface area contributed by atoms with Gasteiger partial charge >= 0.3 is 0 Å². The predicted octanol–water partition coefficient (Wildman–Crippen LogP) is 2.68. The molecule has 1 aliphatic rings. The quantitative estimate of drug-likeness (QED) is 0.763. The molecule has 1 heterocycles. The third-order valence-corrected chi connectivity index (χ3v) is 3.71. The SMILES string of the molecule is CCC1CN(CCC(=O)c2ccc(C)cc2)CCO1. The van der Waals surface area contributed by atoms with Gasteiger partial charge in [-0.25, -0.2) is 0 Å². The van der Waals surface area contributed by atoms with E-state index in [0.717, 1.165) is 38.2 Å². The molecule has 104 valence electrons. The molecule has 1 saturated heterocycles. The summed E-state index contributed by atoms with van der Waals surface area (Å²) in [5.74, 6) is 0.236. The fraction of sp³-hybridized carbons (Fsp3) is 0.562. The van der Waals surface area contributed by atoms with E-state index < -0.39 is 0 Å². The van der Waals surface area contributed by atoms with Gasteiger partial charge in [0.1, 0.15) is 0 Å². The average molecular weight is 261 g/mol. The number of ketones is 1. The van der Waals surface area contributed by atoms with Gasteiger partial charge in [-0.05, 0) is 13.3 Å². The lowest BCUT2D eigenvalue weighted by Gasteiger charge is -2.32. The summed E-state index contributed by atoms with van der Waals surface area (Å²) in [5.41, 5.74) is 2.02. The Bertz CT molecular complexity index is 413. The van der Waals surface area contributed by atoms with E-state index in [9.17, 15) is 4.79 Å². The fourth-order valence-corrected chi connectivity index (χ4v) is 2.37. The van der Waals surface area contributed by atoms with Crippen LogP contribution < -0.4 is 0 Å². The lowest BCUT2D eigenvalue weighted by molar-refractivity contribution is -0.0293. The van der Waals surface area contributed by atoms with E-state index in [4.69, 9.17) is 4.74 Å². The van der Waals surface area contributed by atoms with Gasteiger partial charge in [0.15, 0.2) is 5.78 Å². The van der Waals surface area contributed by atoms with Crippen molar-refractivity contribution < 1.29 is 9.53 Å². The summed E-state index contributed by atoms with van der Waals surface area (Å²) in [7, 11) is 0. The van der Waals surface area contributed by atoms with Gasteiger partial charge in [0.25, 0.3) is 0 Å². The minimum atomic E-state index is 0.236. The first-order valence-electron chi connectivity index (χ1n) is 7.13. The van der Waals surface area contributed by atoms with Gasteiger partial charge in [-0.1, -0.05) is 36.8 Å². The largest absolute Gasteiger partial charge is 0.376 e. The number of morpholine rings is 1. The molecule has 1 unspecified atom stereocenters. The Hall–Kier alpha value is -1.19. The second-order valence-corrected chi connectivity index (χ2v) is 5.24. The number of carbonyl (C=O) groups excluding carboxylic acids is 1. The topological polar surface area (TPSA) is 29.5 Å². The van der Waals surface area contributed by atoms with Crippen molar-refractivity contribution >= 4 is 5.78 Å². The Labute approximate surface area is 115 Å². The highest BCUT2D eigenvalue weighted by Crippen LogP contribution is 2.11. The summed E-state index contributed by atoms with van der Waals surface area (Å²) in [5, 5.41) is 0. The molecule has 0 saturated carbocycles. The van der Waals surface area contributed by atoms with E-state index in [1.54, 1.807) is 0 Å². The average Bonchev–Trinajstić information content (AvgIpc) is 2.46. The van der Waals surface area contributed by atoms with Crippen molar-refractivity contribution in [3.05, 3.63) is 35.4 Å². The molecule has 2 rings (SSSR count). The van der Waals surface area contributed by atoms with Crippen molar-refractivity contribution in [1.29, 1.82) is 0 Å². The van der Waals surface area contributed by atoms with Crippen LogP contribution in [0.25, 0.3) is 0 Å². The van der Waals surface area contributed by atoms with E-state index in [1.807, 2.05) is 31.2 Å². The van der Waals surface area contributed by atoms with Gasteiger partial charge in [0, 0.05) is 31.6 Å². The second-order valence-electron chi connectivity index (χ2n) is 5.24. The highest BCUT2D eigenvalue weighted by molar-refractivity contribution is 5.96. The van der Waals surface area contributed by atoms with Crippen LogP contribution in [0, 0.1) is 6.92 Å². The maximum atomic E-state index is 12.1. The maximum absolute atomic E-state index is 12.1. The third kappa shape index (κ3) is 4.15. The zero-order chi connectivity index (χ0) is 13.7. The van der Waals surface area contributed by atoms with Crippen molar-refractivity contribution in [1.82, 2.24) is 4.90 Å². The fourth-order valence-electron chi connectivity index (χ4n) is 2.37. The second kappa shape index (κ2) is 6.83. The number of Topliss-reactive ketones (excluding diaryl/α,β-unsaturated/α-hetero) is 1. The van der Waals surface area contributed by atoms with Gasteiger partial charge in [-0.2, -0.15) is 0 Å². The predicted molar refractivity (Wildman–Crippen MR) is 76.6 cm³/mol. The van der Waals surface area contributed by atoms with Crippen LogP contribution in [-0.2, 0) is 4.74 Å². The highest BCUT2D eigenvalue weighted by atomic mass is 16.5. The van der Waals surface area contributed by atoms with Gasteiger partial charge in [0.2, 0.25) is 0 Å². The highest BCUT2D eigenvalue weighted by Gasteiger charge is 2.19. The molecule has 0 N–H and O–H groups in total. The molecule has 0 bridgehead atoms. The standard InChI is InChI=1S/C16H23NO2/c1-3-15-12-17(10-11-19-15)9-8-16(18)14-6-4-13(2)5-7-14/h4-7,15H,3,8-12H2,1-2H3. The summed E-state index contributed by atoms with van der Waals surface area (Å²) in [6.45, 7) is 7.71. The van der Waals surface area contributed by atoms with Crippen molar-refractivity contribution in [2.24, 2.45) is 0 Å². The van der Waals surface area contributed by atoms with Crippen molar-refractivity contribution in [2.45, 2.75) is 32.8 Å². The summed E-state index contributed by atoms with van der Waals surface area (Å²) >= 11 is 0. The van der Waals surface area contributed by atoms with Gasteiger partial charge in [-0.3, -0.25) is 9.69 Å². The molecular weight excluding hydrogens is 238 g/mol. The first-order chi connectivity index (χ1) is 9.19. The molecular formula is C16H23NO2. The molecule has 0 radical (unpaired) electrons. The Morgan fingerprint density at radius 3 is 2.79 bits per heavy atom. The molecule has 1 aliphatic heterocycles. The van der Waals surface area contributed by atoms with Crippen LogP contribution in [0.4, 0.5) is 0 Å². The molecule has 1 fully saturated rings. The Morgan fingerprint density at radius 1 is 1.37 bits per heavy atom. The molecule has 1 aromatic rings. The monoisotopic (exact) mass is 261 g/mol. The van der Waals surface area contributed by atoms with Crippen LogP contribution in [0.5, 0.6) is 0 Å². The van der Waals surface area contributed by atoms with Gasteiger partial charge in [-0.15, -0.1) is 0 Å². The van der Waals surface area contributed by atoms with Crippen LogP contribution in [0.15, 0.2) is 24.3 Å². The lowest BCUT2D eigenvalue weighted by Crippen LogP contribution is -2.42. The molecule has 3 nitrogen and oxygen atoms in total. The van der Waals surface area contributed by atoms with E-state index in [-0.39, 0.29) is 5.78 Å². The first kappa shape index (κ1) is 14.2. The van der Waals surface area contributed by atoms with Crippen molar-refractivity contribution in [2.75, 3.05) is 26.2 Å². The van der Waals surface area contributed by atoms with E-state index in [2.05, 4.69) is 11.8 Å². The first-order valence-corrected chi connectivity index (χ1v) is 7.13. The zero-order valence-electron chi connectivity index (χ0n) is 11.9. The summed E-state index contributed by atoms with van der Waals surface area (Å²) in [4.78, 5) is 14.4. The summed E-state index contributed by atoms with van der Waals surface area (Å²) < 4.78 is 5.64. The van der Waals surface area contributed by atoms with Gasteiger partial charge in [0.05, 0.1) is 12.7 Å². The molecule has 1 aromatic carbocycles. The van der Waals surface area contributed by atoms with Crippen molar-refractivity contribution in [3.63, 3.8) is 0 Å². The molecule has 0 spiro atoms. The number of aryl methyl sites for hydroxylation is 1. The van der Waals surface area contributed by atoms with E-state index in [1.165, 1.54) is 5.56 Å². The van der Waals surface area contributed by atoms with E-state index in [0.29, 0.717) is 12.5 Å². The van der Waals surface area contributed by atoms with Crippen molar-refractivity contribution in [3.8, 4) is 0 Å². The summed E-state index contributed by atoms with van der Waals surface area (Å²) in [6, 6.07) is 7.84. The molecule has 0 aromatic heterocycles. The molecule has 3 heteroatoms. The normalized spacial score (nSPS) is 20.4. The van der Waals surface area contributed by atoms with E-state index >= 15 is 0 Å². The van der Waals surface area contributed by atoms with Crippen LogP contribution in [0.2, 0.25) is 0 Å². The van der Waals surface area contributed by atoms with Crippen LogP contribution in [-0.4, -0.2) is 43.0 Å². The molecule has 0 amide bonds. The Kier molecular flexibility index (Phi) is 5.11. The Morgan fingerprint density at radius 2 is 2.11 bits per heavy atom. The molecule has 1 atom stereocenters. The third-order valence-electron chi connectivity index (χ3n) is 3.71. The number of carbonyl (C=O) groups is 1. The Balaban J connectivity index is 1.81. The smallest absolute Gasteiger partial charge is 0.164 e. The van der Waals surface area contributed by atoms with Gasteiger partial charge < -0.3 is 4.74 Å². The van der Waals surface area contributed by atoms with Crippen LogP contribution >= 0.6 is 0 Å². The molecule has 19 heavy (non-hydrogen) atoms. The summed E-state index contributed by atoms with van der Waals surface area (Å²) in [6.07, 6.45) is 1.98. The molecule has 0 aliphatic carbocycles. The maximum Gasteiger partial charge on any atom is 0.164 e. The number of hydrogen-bond acceptors (Lipinski definition) is 3. The van der Waals surface area contributed by atoms with Crippen LogP contribution in [0.1, 0.15) is 35.7 Å². The number of ether oxygens (including phenoxy) is 1. The lowest BCUT2D eigenvalue weighted by atomic mass is 10.1. The minimum Gasteiger partial charge on any atom is -0.376 e. The number of benzene rings is 1. The zero-order valence-corrected chi connectivity index (χ0v) is 11.9. The number of rotatable bonds is 5. The minimum absolute atomic E-state index is 0.236. The number of hydrogen-bond donors (Lipinski definition) is 0. The van der Waals surface area contributed by atoms with Crippen LogP contribution in [0.3, 0.4) is 0 Å². The number of nitrogens with zero attached hydrogens (tertiary/aromatic N) is 1.